The summed E-state index contributed by atoms with van der Waals surface area (Å²) in [6.45, 7) is 12.4. The maximum absolute atomic E-state index is 13.8. The van der Waals surface area contributed by atoms with Crippen LogP contribution in [0.3, 0.4) is 0 Å². The highest BCUT2D eigenvalue weighted by Crippen LogP contribution is 2.51. The first-order valence-corrected chi connectivity index (χ1v) is 23.9. The van der Waals surface area contributed by atoms with E-state index in [9.17, 15) is 22.5 Å². The molecule has 15 heteroatoms. The van der Waals surface area contributed by atoms with Crippen molar-refractivity contribution in [3.05, 3.63) is 83.7 Å². The molecule has 0 fully saturated rings. The third-order valence-corrected chi connectivity index (χ3v) is 11.2. The molecule has 1 amide bonds. The summed E-state index contributed by atoms with van der Waals surface area (Å²) >= 11 is 0. The van der Waals surface area contributed by atoms with Gasteiger partial charge in [-0.15, -0.1) is 13.2 Å². The summed E-state index contributed by atoms with van der Waals surface area (Å²) in [4.78, 5) is 17.1. The summed E-state index contributed by atoms with van der Waals surface area (Å²) in [7, 11) is -7.39. The molecule has 47 heavy (non-hydrogen) atoms. The molecule has 0 bridgehead atoms. The first-order valence-electron chi connectivity index (χ1n) is 15.0. The van der Waals surface area contributed by atoms with Crippen LogP contribution >= 0.6 is 7.82 Å². The van der Waals surface area contributed by atoms with Crippen molar-refractivity contribution < 1.29 is 45.6 Å². The molecule has 2 aromatic carbocycles. The molecule has 0 saturated carbocycles. The van der Waals surface area contributed by atoms with E-state index in [-0.39, 0.29) is 24.5 Å². The van der Waals surface area contributed by atoms with E-state index >= 15 is 0 Å². The lowest BCUT2D eigenvalue weighted by Gasteiger charge is -2.24. The van der Waals surface area contributed by atoms with E-state index in [0.717, 1.165) is 23.8 Å². The number of amides is 1. The zero-order valence-corrected chi connectivity index (χ0v) is 30.3. The molecule has 0 radical (unpaired) electrons. The summed E-state index contributed by atoms with van der Waals surface area (Å²) in [5.41, 5.74) is 1.66. The van der Waals surface area contributed by atoms with Gasteiger partial charge in [-0.3, -0.25) is 19.3 Å². The quantitative estimate of drug-likeness (QED) is 0.116. The van der Waals surface area contributed by atoms with Crippen LogP contribution in [0.1, 0.15) is 16.8 Å². The number of hydrogen-bond acceptors (Lipinski definition) is 8. The minimum Gasteiger partial charge on any atom is -0.444 e. The number of nitrogens with zero attached hydrogens (tertiary/aromatic N) is 1. The van der Waals surface area contributed by atoms with E-state index in [1.807, 2.05) is 36.4 Å². The third-order valence-electron chi connectivity index (χ3n) is 6.35. The van der Waals surface area contributed by atoms with Crippen molar-refractivity contribution in [1.29, 1.82) is 0 Å². The number of alkyl halides is 3. The van der Waals surface area contributed by atoms with Crippen LogP contribution in [0.5, 0.6) is 11.5 Å². The van der Waals surface area contributed by atoms with Crippen LogP contribution in [0.2, 0.25) is 51.4 Å². The average Bonchev–Trinajstić information content (AvgIpc) is 2.95. The second kappa shape index (κ2) is 16.6. The minimum absolute atomic E-state index is 0.0555. The van der Waals surface area contributed by atoms with Crippen molar-refractivity contribution >= 4 is 47.9 Å². The topological polar surface area (TPSA) is 105 Å². The maximum atomic E-state index is 13.8. The summed E-state index contributed by atoms with van der Waals surface area (Å²) < 4.78 is 79.5. The number of aromatic nitrogens is 1. The van der Waals surface area contributed by atoms with Gasteiger partial charge in [0.25, 0.3) is 0 Å². The smallest absolute Gasteiger partial charge is 0.444 e. The summed E-state index contributed by atoms with van der Waals surface area (Å²) in [5.74, 6) is -0.733. The maximum Gasteiger partial charge on any atom is 0.573 e. The standard InChI is InChI=1S/C32H42F3N2O7PSi2/c1-46(2,3)21-19-41-45(39,42-20-22-47(4,5)6)44-30-17-15-27(43-32(33,34)35)23-26(30)24-40-31(38)37-29-13-10-18-36-28(29)16-14-25-11-8-7-9-12-25/h7-18,23H,19-22,24H2,1-6H3,(H,37,38). The molecule has 0 atom stereocenters. The molecule has 0 aliphatic rings. The molecule has 0 saturated heterocycles. The second-order valence-electron chi connectivity index (χ2n) is 13.0. The van der Waals surface area contributed by atoms with Gasteiger partial charge in [0, 0.05) is 27.9 Å². The van der Waals surface area contributed by atoms with Crippen LogP contribution in [-0.2, 0) is 25.0 Å². The van der Waals surface area contributed by atoms with Gasteiger partial charge < -0.3 is 14.0 Å². The molecular formula is C32H42F3N2O7PSi2. The Morgan fingerprint density at radius 3 is 2.13 bits per heavy atom. The molecule has 0 aliphatic carbocycles. The molecule has 0 spiro atoms. The van der Waals surface area contributed by atoms with Gasteiger partial charge >= 0.3 is 20.3 Å². The SMILES string of the molecule is C[Si](C)(C)CCOP(=O)(OCC[Si](C)(C)C)Oc1ccc(OC(F)(F)F)cc1COC(=O)Nc1cccnc1C=Cc1ccccc1. The summed E-state index contributed by atoms with van der Waals surface area (Å²) in [5, 5.41) is 2.60. The van der Waals surface area contributed by atoms with E-state index in [0.29, 0.717) is 23.5 Å². The molecule has 0 aliphatic heterocycles. The highest BCUT2D eigenvalue weighted by molar-refractivity contribution is 7.49. The number of phosphoric acid groups is 1. The van der Waals surface area contributed by atoms with E-state index in [1.165, 1.54) is 0 Å². The van der Waals surface area contributed by atoms with Crippen LogP contribution in [0.15, 0.2) is 66.9 Å². The molecular weight excluding hydrogens is 668 g/mol. The number of halogens is 3. The Bertz CT molecular complexity index is 1520. The van der Waals surface area contributed by atoms with Crippen LogP contribution < -0.4 is 14.6 Å². The van der Waals surface area contributed by atoms with Crippen molar-refractivity contribution in [2.45, 2.75) is 64.3 Å². The van der Waals surface area contributed by atoms with Crippen LogP contribution in [0.4, 0.5) is 23.7 Å². The number of benzene rings is 2. The third kappa shape index (κ3) is 14.9. The van der Waals surface area contributed by atoms with Crippen LogP contribution in [-0.4, -0.2) is 46.8 Å². The fraction of sp³-hybridized carbons (Fsp3) is 0.375. The molecule has 1 N–H and O–H groups in total. The van der Waals surface area contributed by atoms with Crippen LogP contribution in [0, 0.1) is 0 Å². The zero-order valence-electron chi connectivity index (χ0n) is 27.4. The number of ether oxygens (including phenoxy) is 2. The number of carbonyl (C=O) groups excluding carboxylic acids is 1. The molecule has 256 valence electrons. The molecule has 3 aromatic rings. The van der Waals surface area contributed by atoms with Crippen LogP contribution in [0.25, 0.3) is 12.2 Å². The van der Waals surface area contributed by atoms with E-state index in [1.54, 1.807) is 24.4 Å². The number of rotatable bonds is 16. The normalized spacial score (nSPS) is 12.6. The van der Waals surface area contributed by atoms with Crippen molar-refractivity contribution in [2.24, 2.45) is 0 Å². The Morgan fingerprint density at radius 1 is 0.894 bits per heavy atom. The van der Waals surface area contributed by atoms with Gasteiger partial charge in [0.1, 0.15) is 18.1 Å². The monoisotopic (exact) mass is 710 g/mol. The number of nitrogens with one attached hydrogen (secondary N) is 1. The van der Waals surface area contributed by atoms with Gasteiger partial charge in [0.15, 0.2) is 0 Å². The number of anilines is 1. The second-order valence-corrected chi connectivity index (χ2v) is 25.9. The fourth-order valence-corrected chi connectivity index (χ4v) is 6.78. The van der Waals surface area contributed by atoms with Gasteiger partial charge in [0.2, 0.25) is 0 Å². The first-order chi connectivity index (χ1) is 21.9. The lowest BCUT2D eigenvalue weighted by molar-refractivity contribution is -0.274. The Balaban J connectivity index is 1.81. The molecule has 3 rings (SSSR count). The highest BCUT2D eigenvalue weighted by atomic mass is 31.2. The number of phosphoric ester groups is 1. The summed E-state index contributed by atoms with van der Waals surface area (Å²) in [6.07, 6.45) is -0.786. The van der Waals surface area contributed by atoms with Gasteiger partial charge in [-0.25, -0.2) is 9.36 Å². The number of carbonyl (C=O) groups is 1. The largest absolute Gasteiger partial charge is 0.573 e. The fourth-order valence-electron chi connectivity index (χ4n) is 3.78. The lowest BCUT2D eigenvalue weighted by atomic mass is 10.2. The molecule has 1 heterocycles. The van der Waals surface area contributed by atoms with Gasteiger partial charge in [-0.05, 0) is 54.1 Å². The predicted molar refractivity (Wildman–Crippen MR) is 183 cm³/mol. The number of hydrogen-bond donors (Lipinski definition) is 1. The zero-order chi connectivity index (χ0) is 34.7. The van der Waals surface area contributed by atoms with Gasteiger partial charge in [0.05, 0.1) is 24.6 Å². The van der Waals surface area contributed by atoms with Gasteiger partial charge in [-0.1, -0.05) is 75.7 Å². The first kappa shape index (κ1) is 38.0. The molecule has 9 nitrogen and oxygen atoms in total. The Morgan fingerprint density at radius 2 is 1.53 bits per heavy atom. The minimum atomic E-state index is -4.98. The van der Waals surface area contributed by atoms with Crippen molar-refractivity contribution in [3.63, 3.8) is 0 Å². The molecule has 1 aromatic heterocycles. The Labute approximate surface area is 276 Å². The van der Waals surface area contributed by atoms with Crippen molar-refractivity contribution in [1.82, 2.24) is 4.98 Å². The summed E-state index contributed by atoms with van der Waals surface area (Å²) in [6, 6.07) is 17.2. The Kier molecular flexibility index (Phi) is 13.4. The van der Waals surface area contributed by atoms with Crippen molar-refractivity contribution in [3.8, 4) is 11.5 Å². The Hall–Kier alpha value is -3.43. The lowest BCUT2D eigenvalue weighted by Crippen LogP contribution is -2.23. The van der Waals surface area contributed by atoms with Gasteiger partial charge in [-0.2, -0.15) is 0 Å². The van der Waals surface area contributed by atoms with E-state index < -0.39 is 48.8 Å². The molecule has 0 unspecified atom stereocenters. The van der Waals surface area contributed by atoms with E-state index in [2.05, 4.69) is 54.3 Å². The highest BCUT2D eigenvalue weighted by Gasteiger charge is 2.34. The number of pyridine rings is 1. The predicted octanol–water partition coefficient (Wildman–Crippen LogP) is 10.1. The van der Waals surface area contributed by atoms with E-state index in [4.69, 9.17) is 18.3 Å². The average molecular weight is 711 g/mol. The van der Waals surface area contributed by atoms with Crippen molar-refractivity contribution in [2.75, 3.05) is 18.5 Å².